The number of rotatable bonds is 8. The van der Waals surface area contributed by atoms with Crippen LogP contribution in [0, 0.1) is 0 Å². The highest BCUT2D eigenvalue weighted by Gasteiger charge is 2.66. The number of nitrogens with two attached hydrogens (primary N) is 1. The predicted octanol–water partition coefficient (Wildman–Crippen LogP) is -0.972. The number of nitrogens with zero attached hydrogens (tertiary/aromatic N) is 3. The average molecular weight is 461 g/mol. The molecule has 1 aromatic heterocycles. The predicted molar refractivity (Wildman–Crippen MR) is 98.9 cm³/mol. The van der Waals surface area contributed by atoms with Crippen molar-refractivity contribution in [2.24, 2.45) is 5.16 Å². The minimum Gasteiger partial charge on any atom is -0.475 e. The van der Waals surface area contributed by atoms with E-state index in [0.29, 0.717) is 24.3 Å². The number of carbonyl (C=O) groups excluding carboxylic acids is 2. The van der Waals surface area contributed by atoms with Crippen molar-refractivity contribution in [3.8, 4) is 0 Å². The number of hydrogen-bond donors (Lipinski definition) is 4. The van der Waals surface area contributed by atoms with Crippen molar-refractivity contribution in [2.45, 2.75) is 30.8 Å². The number of aliphatic carboxylic acids is 1. The van der Waals surface area contributed by atoms with Crippen LogP contribution in [0.5, 0.6) is 0 Å². The number of β-lactam (4-membered cyclic amide) rings is 1. The van der Waals surface area contributed by atoms with E-state index in [2.05, 4.69) is 31.2 Å². The second-order valence-electron chi connectivity index (χ2n) is 6.33. The van der Waals surface area contributed by atoms with Crippen LogP contribution in [0.2, 0.25) is 0 Å². The largest absolute Gasteiger partial charge is 0.475 e. The molecule has 0 bridgehead atoms. The normalized spacial score (nSPS) is 20.3. The van der Waals surface area contributed by atoms with E-state index < -0.39 is 51.2 Å². The summed E-state index contributed by atoms with van der Waals surface area (Å²) >= 11 is 0.974. The second-order valence-corrected chi connectivity index (χ2v) is 8.22. The van der Waals surface area contributed by atoms with E-state index in [1.54, 1.807) is 0 Å². The van der Waals surface area contributed by atoms with E-state index in [1.807, 2.05) is 0 Å². The number of carboxylic acids is 1. The van der Waals surface area contributed by atoms with Crippen LogP contribution >= 0.6 is 11.3 Å². The number of carboxylic acid groups (broad SMARTS) is 1. The van der Waals surface area contributed by atoms with E-state index in [1.165, 1.54) is 5.38 Å². The summed E-state index contributed by atoms with van der Waals surface area (Å²) in [6, 6.07) is -1.18. The molecule has 0 radical (unpaired) electrons. The molecule has 1 aromatic rings. The van der Waals surface area contributed by atoms with Crippen LogP contribution in [-0.4, -0.2) is 63.2 Å². The molecule has 0 aromatic carbocycles. The minimum absolute atomic E-state index is 0.0475. The lowest BCUT2D eigenvalue weighted by atomic mass is 9.65. The molecule has 3 rings (SSSR count). The van der Waals surface area contributed by atoms with Crippen LogP contribution in [0.1, 0.15) is 25.0 Å². The number of hydrogen-bond acceptors (Lipinski definition) is 11. The SMILES string of the molecule is C=C(ON=C(C(=O)NC1C(=O)N(OS(=O)(=O)O)C12CCC2)c1csc(N)n1)C(=O)O. The summed E-state index contributed by atoms with van der Waals surface area (Å²) in [4.78, 5) is 44.4. The second kappa shape index (κ2) is 7.63. The van der Waals surface area contributed by atoms with Gasteiger partial charge in [-0.1, -0.05) is 5.16 Å². The van der Waals surface area contributed by atoms with Gasteiger partial charge in [0.15, 0.2) is 10.8 Å². The van der Waals surface area contributed by atoms with Crippen LogP contribution in [0.3, 0.4) is 0 Å². The van der Waals surface area contributed by atoms with E-state index in [9.17, 15) is 22.8 Å². The molecule has 5 N–H and O–H groups in total. The van der Waals surface area contributed by atoms with Gasteiger partial charge in [-0.3, -0.25) is 14.1 Å². The zero-order chi connectivity index (χ0) is 22.3. The van der Waals surface area contributed by atoms with E-state index in [4.69, 9.17) is 15.4 Å². The first-order valence-corrected chi connectivity index (χ1v) is 10.4. The fraction of sp³-hybridized carbons (Fsp3) is 0.357. The Labute approximate surface area is 172 Å². The van der Waals surface area contributed by atoms with Crippen LogP contribution in [0.4, 0.5) is 5.13 Å². The molecule has 30 heavy (non-hydrogen) atoms. The summed E-state index contributed by atoms with van der Waals surface area (Å²) < 4.78 is 35.1. The zero-order valence-corrected chi connectivity index (χ0v) is 16.6. The number of nitrogen functional groups attached to an aromatic ring is 1. The number of amides is 2. The fourth-order valence-corrected chi connectivity index (χ4v) is 3.95. The van der Waals surface area contributed by atoms with E-state index in [-0.39, 0.29) is 10.8 Å². The van der Waals surface area contributed by atoms with Gasteiger partial charge in [0.1, 0.15) is 17.3 Å². The Morgan fingerprint density at radius 2 is 2.13 bits per heavy atom. The third kappa shape index (κ3) is 3.97. The van der Waals surface area contributed by atoms with Crippen molar-refractivity contribution in [3.05, 3.63) is 23.4 Å². The van der Waals surface area contributed by atoms with Gasteiger partial charge in [0.2, 0.25) is 5.76 Å². The molecular formula is C14H15N5O9S2. The number of nitrogens with one attached hydrogen (secondary N) is 1. The smallest absolute Gasteiger partial charge is 0.418 e. The first-order chi connectivity index (χ1) is 13.9. The monoisotopic (exact) mass is 461 g/mol. The van der Waals surface area contributed by atoms with Crippen molar-refractivity contribution in [1.82, 2.24) is 15.4 Å². The molecule has 2 aliphatic rings. The lowest BCUT2D eigenvalue weighted by molar-refractivity contribution is -0.243. The van der Waals surface area contributed by atoms with Crippen molar-refractivity contribution >= 4 is 50.4 Å². The molecule has 1 atom stereocenters. The maximum Gasteiger partial charge on any atom is 0.418 e. The van der Waals surface area contributed by atoms with Gasteiger partial charge in [0.25, 0.3) is 11.8 Å². The van der Waals surface area contributed by atoms with Crippen molar-refractivity contribution in [3.63, 3.8) is 0 Å². The first kappa shape index (κ1) is 21.6. The summed E-state index contributed by atoms with van der Waals surface area (Å²) in [7, 11) is -4.94. The van der Waals surface area contributed by atoms with Crippen LogP contribution in [0.15, 0.2) is 22.9 Å². The van der Waals surface area contributed by atoms with Crippen LogP contribution in [-0.2, 0) is 33.9 Å². The minimum atomic E-state index is -4.94. The third-order valence-electron chi connectivity index (χ3n) is 4.52. The number of oxime groups is 1. The Hall–Kier alpha value is -3.08. The Morgan fingerprint density at radius 3 is 2.60 bits per heavy atom. The van der Waals surface area contributed by atoms with Gasteiger partial charge in [-0.15, -0.1) is 15.6 Å². The third-order valence-corrected chi connectivity index (χ3v) is 5.53. The highest BCUT2D eigenvalue weighted by molar-refractivity contribution is 7.80. The molecule has 2 amide bonds. The number of hydroxylamine groups is 2. The highest BCUT2D eigenvalue weighted by atomic mass is 32.3. The van der Waals surface area contributed by atoms with Gasteiger partial charge in [-0.2, -0.15) is 13.5 Å². The van der Waals surface area contributed by atoms with E-state index >= 15 is 0 Å². The lowest BCUT2D eigenvalue weighted by Crippen LogP contribution is -2.81. The molecule has 1 aliphatic heterocycles. The first-order valence-electron chi connectivity index (χ1n) is 8.15. The Kier molecular flexibility index (Phi) is 5.50. The molecule has 1 unspecified atom stereocenters. The number of aromatic nitrogens is 1. The van der Waals surface area contributed by atoms with Crippen LogP contribution in [0.25, 0.3) is 0 Å². The maximum atomic E-state index is 12.7. The standard InChI is InChI=1S/C14H15N5O9S2/c1-6(12(22)23)27-18-8(7-5-29-13(15)16-7)10(20)17-9-11(21)19(28-30(24,25)26)14(9)3-2-4-14/h5,9H,1-4H2,(H2,15,16)(H,17,20)(H,22,23)(H,24,25,26). The van der Waals surface area contributed by atoms with E-state index in [0.717, 1.165) is 11.3 Å². The van der Waals surface area contributed by atoms with Crippen molar-refractivity contribution < 1.29 is 41.6 Å². The van der Waals surface area contributed by atoms with Gasteiger partial charge in [0, 0.05) is 5.38 Å². The van der Waals surface area contributed by atoms with Crippen molar-refractivity contribution in [2.75, 3.05) is 5.73 Å². The zero-order valence-electron chi connectivity index (χ0n) is 15.0. The van der Waals surface area contributed by atoms with Gasteiger partial charge in [-0.05, 0) is 25.8 Å². The van der Waals surface area contributed by atoms with Gasteiger partial charge in [0.05, 0.1) is 0 Å². The molecule has 14 nitrogen and oxygen atoms in total. The van der Waals surface area contributed by atoms with Crippen LogP contribution < -0.4 is 11.1 Å². The molecule has 1 saturated heterocycles. The molecule has 162 valence electrons. The molecular weight excluding hydrogens is 446 g/mol. The van der Waals surface area contributed by atoms with Gasteiger partial charge < -0.3 is 21.0 Å². The summed E-state index contributed by atoms with van der Waals surface area (Å²) in [6.07, 6.45) is 1.24. The summed E-state index contributed by atoms with van der Waals surface area (Å²) in [6.45, 7) is 3.11. The molecule has 16 heteroatoms. The quantitative estimate of drug-likeness (QED) is 0.0923. The summed E-state index contributed by atoms with van der Waals surface area (Å²) in [5.74, 6) is -4.16. The van der Waals surface area contributed by atoms with Gasteiger partial charge >= 0.3 is 16.4 Å². The number of thiazole rings is 1. The lowest BCUT2D eigenvalue weighted by Gasteiger charge is -2.59. The number of carbonyl (C=O) groups is 3. The maximum absolute atomic E-state index is 12.7. The Balaban J connectivity index is 1.82. The molecule has 2 heterocycles. The Bertz CT molecular complexity index is 1060. The molecule has 2 fully saturated rings. The molecule has 1 saturated carbocycles. The molecule has 1 aliphatic carbocycles. The average Bonchev–Trinajstić information content (AvgIpc) is 3.03. The molecule has 1 spiro atoms. The Morgan fingerprint density at radius 1 is 1.47 bits per heavy atom. The fourth-order valence-electron chi connectivity index (χ4n) is 2.99. The summed E-state index contributed by atoms with van der Waals surface area (Å²) in [5.41, 5.74) is 3.86. The highest BCUT2D eigenvalue weighted by Crippen LogP contribution is 2.48. The summed E-state index contributed by atoms with van der Waals surface area (Å²) in [5, 5.41) is 16.6. The topological polar surface area (TPSA) is 211 Å². The van der Waals surface area contributed by atoms with Crippen molar-refractivity contribution in [1.29, 1.82) is 0 Å². The number of anilines is 1. The van der Waals surface area contributed by atoms with Gasteiger partial charge in [-0.25, -0.2) is 9.78 Å².